The maximum Gasteiger partial charge on any atom is 0.425 e. The number of methoxy groups -OCH3 is 1. The number of nitrogens with zero attached hydrogens (tertiary/aromatic N) is 2. The predicted molar refractivity (Wildman–Crippen MR) is 80.7 cm³/mol. The van der Waals surface area contributed by atoms with E-state index in [1.165, 1.54) is 12.1 Å². The Morgan fingerprint density at radius 2 is 1.95 bits per heavy atom. The molecule has 0 saturated carbocycles. The largest absolute Gasteiger partial charge is 0.467 e. The summed E-state index contributed by atoms with van der Waals surface area (Å²) in [7, 11) is 1.33. The molecule has 120 valence electrons. The second kappa shape index (κ2) is 7.26. The first-order chi connectivity index (χ1) is 10.6. The molecule has 0 unspecified atom stereocenters. The van der Waals surface area contributed by atoms with Gasteiger partial charge in [0.15, 0.2) is 6.04 Å². The van der Waals surface area contributed by atoms with E-state index >= 15 is 0 Å². The standard InChI is InChI=1S/C16H22N2O4/c1-4-22-16(20)18-14(15(19)21-3)12(2)10-17(18)11-13-8-6-5-7-9-13/h5-9,12,14H,4,10-11H2,1-3H3/t12-,14-/m0/s1. The third kappa shape index (κ3) is 3.39. The summed E-state index contributed by atoms with van der Waals surface area (Å²) in [6.45, 7) is 5.06. The van der Waals surface area contributed by atoms with Gasteiger partial charge in [-0.05, 0) is 12.5 Å². The average molecular weight is 306 g/mol. The van der Waals surface area contributed by atoms with Crippen LogP contribution in [0.5, 0.6) is 0 Å². The number of benzene rings is 1. The Balaban J connectivity index is 2.23. The van der Waals surface area contributed by atoms with Crippen molar-refractivity contribution in [3.05, 3.63) is 35.9 Å². The molecule has 1 aromatic rings. The van der Waals surface area contributed by atoms with E-state index in [-0.39, 0.29) is 12.5 Å². The van der Waals surface area contributed by atoms with Crippen LogP contribution in [-0.4, -0.2) is 48.4 Å². The van der Waals surface area contributed by atoms with Crippen LogP contribution in [0.15, 0.2) is 30.3 Å². The Bertz CT molecular complexity index is 520. The molecule has 2 rings (SSSR count). The Hall–Kier alpha value is -2.08. The van der Waals surface area contributed by atoms with E-state index in [4.69, 9.17) is 9.47 Å². The Labute approximate surface area is 130 Å². The number of carbonyl (C=O) groups excluding carboxylic acids is 2. The fraction of sp³-hybridized carbons (Fsp3) is 0.500. The number of amides is 1. The summed E-state index contributed by atoms with van der Waals surface area (Å²) in [4.78, 5) is 24.3. The molecule has 22 heavy (non-hydrogen) atoms. The summed E-state index contributed by atoms with van der Waals surface area (Å²) in [6.07, 6.45) is -0.516. The van der Waals surface area contributed by atoms with Gasteiger partial charge in [0, 0.05) is 19.0 Å². The van der Waals surface area contributed by atoms with E-state index < -0.39 is 18.1 Å². The molecular weight excluding hydrogens is 284 g/mol. The normalized spacial score (nSPS) is 21.7. The minimum atomic E-state index is -0.646. The topological polar surface area (TPSA) is 59.1 Å². The van der Waals surface area contributed by atoms with E-state index in [1.807, 2.05) is 42.3 Å². The van der Waals surface area contributed by atoms with Gasteiger partial charge >= 0.3 is 12.1 Å². The third-order valence-electron chi connectivity index (χ3n) is 3.71. The third-order valence-corrected chi connectivity index (χ3v) is 3.71. The fourth-order valence-corrected chi connectivity index (χ4v) is 2.74. The summed E-state index contributed by atoms with van der Waals surface area (Å²) in [6, 6.07) is 9.16. The van der Waals surface area contributed by atoms with Crippen LogP contribution in [0.1, 0.15) is 19.4 Å². The predicted octanol–water partition coefficient (Wildman–Crippen LogP) is 2.05. The van der Waals surface area contributed by atoms with Gasteiger partial charge in [0.1, 0.15) is 0 Å². The molecule has 1 aromatic carbocycles. The van der Waals surface area contributed by atoms with Gasteiger partial charge in [0.2, 0.25) is 0 Å². The Kier molecular flexibility index (Phi) is 5.38. The molecule has 1 saturated heterocycles. The molecule has 1 heterocycles. The van der Waals surface area contributed by atoms with Crippen LogP contribution in [0.25, 0.3) is 0 Å². The first kappa shape index (κ1) is 16.3. The summed E-state index contributed by atoms with van der Waals surface area (Å²) >= 11 is 0. The van der Waals surface area contributed by atoms with Crippen LogP contribution < -0.4 is 0 Å². The van der Waals surface area contributed by atoms with E-state index in [0.29, 0.717) is 13.1 Å². The maximum atomic E-state index is 12.3. The van der Waals surface area contributed by atoms with Crippen molar-refractivity contribution >= 4 is 12.1 Å². The van der Waals surface area contributed by atoms with Crippen LogP contribution in [0.2, 0.25) is 0 Å². The minimum Gasteiger partial charge on any atom is -0.467 e. The first-order valence-electron chi connectivity index (χ1n) is 7.41. The maximum absolute atomic E-state index is 12.3. The SMILES string of the molecule is CCOC(=O)N1[C@H](C(=O)OC)[C@@H](C)CN1Cc1ccccc1. The highest BCUT2D eigenvalue weighted by molar-refractivity contribution is 5.82. The summed E-state index contributed by atoms with van der Waals surface area (Å²) < 4.78 is 9.95. The number of carbonyl (C=O) groups is 2. The van der Waals surface area contributed by atoms with E-state index in [0.717, 1.165) is 5.56 Å². The van der Waals surface area contributed by atoms with Crippen LogP contribution in [-0.2, 0) is 20.8 Å². The zero-order valence-corrected chi connectivity index (χ0v) is 13.2. The van der Waals surface area contributed by atoms with Crippen LogP contribution >= 0.6 is 0 Å². The monoisotopic (exact) mass is 306 g/mol. The van der Waals surface area contributed by atoms with E-state index in [2.05, 4.69) is 0 Å². The zero-order valence-electron chi connectivity index (χ0n) is 13.2. The second-order valence-corrected chi connectivity index (χ2v) is 5.32. The van der Waals surface area contributed by atoms with Crippen LogP contribution in [0, 0.1) is 5.92 Å². The van der Waals surface area contributed by atoms with Crippen molar-refractivity contribution in [1.82, 2.24) is 10.0 Å². The van der Waals surface area contributed by atoms with Gasteiger partial charge in [-0.1, -0.05) is 37.3 Å². The van der Waals surface area contributed by atoms with Gasteiger partial charge in [0.25, 0.3) is 0 Å². The molecule has 0 N–H and O–H groups in total. The Morgan fingerprint density at radius 1 is 1.27 bits per heavy atom. The van der Waals surface area contributed by atoms with Crippen molar-refractivity contribution in [1.29, 1.82) is 0 Å². The van der Waals surface area contributed by atoms with Crippen molar-refractivity contribution < 1.29 is 19.1 Å². The van der Waals surface area contributed by atoms with Gasteiger partial charge in [-0.2, -0.15) is 0 Å². The fourth-order valence-electron chi connectivity index (χ4n) is 2.74. The number of hydrogen-bond acceptors (Lipinski definition) is 5. The molecule has 1 fully saturated rings. The number of ether oxygens (including phenoxy) is 2. The lowest BCUT2D eigenvalue weighted by molar-refractivity contribution is -0.150. The molecule has 1 amide bonds. The average Bonchev–Trinajstić information content (AvgIpc) is 2.84. The molecule has 0 aliphatic carbocycles. The molecule has 1 aliphatic rings. The van der Waals surface area contributed by atoms with Crippen molar-refractivity contribution in [2.24, 2.45) is 5.92 Å². The molecule has 0 spiro atoms. The molecule has 0 bridgehead atoms. The molecule has 1 aliphatic heterocycles. The van der Waals surface area contributed by atoms with Crippen LogP contribution in [0.4, 0.5) is 4.79 Å². The smallest absolute Gasteiger partial charge is 0.425 e. The lowest BCUT2D eigenvalue weighted by atomic mass is 10.0. The second-order valence-electron chi connectivity index (χ2n) is 5.32. The molecule has 6 nitrogen and oxygen atoms in total. The highest BCUT2D eigenvalue weighted by Crippen LogP contribution is 2.27. The van der Waals surface area contributed by atoms with Crippen molar-refractivity contribution in [2.75, 3.05) is 20.3 Å². The van der Waals surface area contributed by atoms with Gasteiger partial charge < -0.3 is 9.47 Å². The van der Waals surface area contributed by atoms with Gasteiger partial charge in [0.05, 0.1) is 13.7 Å². The summed E-state index contributed by atoms with van der Waals surface area (Å²) in [5.74, 6) is -0.448. The first-order valence-corrected chi connectivity index (χ1v) is 7.41. The van der Waals surface area contributed by atoms with Crippen molar-refractivity contribution in [2.45, 2.75) is 26.4 Å². The van der Waals surface area contributed by atoms with Crippen molar-refractivity contribution in [3.8, 4) is 0 Å². The summed E-state index contributed by atoms with van der Waals surface area (Å²) in [5, 5.41) is 3.24. The van der Waals surface area contributed by atoms with E-state index in [9.17, 15) is 9.59 Å². The molecule has 2 atom stereocenters. The zero-order chi connectivity index (χ0) is 16.1. The van der Waals surface area contributed by atoms with Gasteiger partial charge in [-0.15, -0.1) is 0 Å². The highest BCUT2D eigenvalue weighted by atomic mass is 16.6. The molecule has 6 heteroatoms. The van der Waals surface area contributed by atoms with Gasteiger partial charge in [-0.3, -0.25) is 0 Å². The molecular formula is C16H22N2O4. The molecule has 0 radical (unpaired) electrons. The van der Waals surface area contributed by atoms with Gasteiger partial charge in [-0.25, -0.2) is 19.6 Å². The highest BCUT2D eigenvalue weighted by Gasteiger charge is 2.46. The lowest BCUT2D eigenvalue weighted by Gasteiger charge is -2.30. The number of esters is 1. The summed E-state index contributed by atoms with van der Waals surface area (Å²) in [5.41, 5.74) is 1.06. The Morgan fingerprint density at radius 3 is 2.55 bits per heavy atom. The van der Waals surface area contributed by atoms with E-state index in [1.54, 1.807) is 6.92 Å². The minimum absolute atomic E-state index is 0.0273. The number of rotatable bonds is 4. The van der Waals surface area contributed by atoms with Crippen molar-refractivity contribution in [3.63, 3.8) is 0 Å². The number of hydrogen-bond donors (Lipinski definition) is 0. The van der Waals surface area contributed by atoms with Crippen LogP contribution in [0.3, 0.4) is 0 Å². The quantitative estimate of drug-likeness (QED) is 0.797. The molecule has 0 aromatic heterocycles. The lowest BCUT2D eigenvalue weighted by Crippen LogP contribution is -2.49. The number of hydrazine groups is 1.